The summed E-state index contributed by atoms with van der Waals surface area (Å²) in [5, 5.41) is 2.67. The largest absolute Gasteiger partial charge is 0.493 e. The molecule has 2 rings (SSSR count). The number of rotatable bonds is 7. The number of ether oxygens (including phenoxy) is 2. The van der Waals surface area contributed by atoms with Crippen LogP contribution in [0.4, 0.5) is 5.69 Å². The van der Waals surface area contributed by atoms with Crippen molar-refractivity contribution in [3.05, 3.63) is 18.2 Å². The summed E-state index contributed by atoms with van der Waals surface area (Å²) < 4.78 is 35.9. The number of carbonyl (C=O) groups is 1. The van der Waals surface area contributed by atoms with Gasteiger partial charge in [-0.2, -0.15) is 0 Å². The van der Waals surface area contributed by atoms with Gasteiger partial charge in [0.25, 0.3) is 0 Å². The Balaban J connectivity index is 1.92. The van der Waals surface area contributed by atoms with Crippen LogP contribution in [0.25, 0.3) is 0 Å². The molecule has 1 heterocycles. The lowest BCUT2D eigenvalue weighted by Crippen LogP contribution is -2.31. The quantitative estimate of drug-likeness (QED) is 0.811. The number of benzene rings is 1. The van der Waals surface area contributed by atoms with Gasteiger partial charge in [-0.15, -0.1) is 0 Å². The van der Waals surface area contributed by atoms with Crippen molar-refractivity contribution < 1.29 is 22.7 Å². The van der Waals surface area contributed by atoms with Crippen LogP contribution >= 0.6 is 0 Å². The first-order valence-corrected chi connectivity index (χ1v) is 9.07. The Hall–Kier alpha value is -1.80. The van der Waals surface area contributed by atoms with E-state index < -0.39 is 10.0 Å². The van der Waals surface area contributed by atoms with Crippen molar-refractivity contribution in [2.75, 3.05) is 38.4 Å². The molecule has 1 saturated heterocycles. The number of nitrogens with zero attached hydrogens (tertiary/aromatic N) is 1. The molecule has 1 aliphatic heterocycles. The number of sulfonamides is 1. The molecule has 1 aromatic carbocycles. The van der Waals surface area contributed by atoms with E-state index >= 15 is 0 Å². The van der Waals surface area contributed by atoms with E-state index in [1.54, 1.807) is 18.2 Å². The molecule has 23 heavy (non-hydrogen) atoms. The van der Waals surface area contributed by atoms with Crippen LogP contribution in [0.2, 0.25) is 0 Å². The van der Waals surface area contributed by atoms with Gasteiger partial charge in [-0.05, 0) is 25.0 Å². The molecular weight excluding hydrogens is 320 g/mol. The van der Waals surface area contributed by atoms with E-state index in [2.05, 4.69) is 5.32 Å². The Morgan fingerprint density at radius 3 is 2.43 bits per heavy atom. The zero-order valence-electron chi connectivity index (χ0n) is 13.4. The summed E-state index contributed by atoms with van der Waals surface area (Å²) in [4.78, 5) is 12.0. The maximum atomic E-state index is 12.1. The van der Waals surface area contributed by atoms with Crippen molar-refractivity contribution in [3.63, 3.8) is 0 Å². The number of amides is 1. The van der Waals surface area contributed by atoms with Gasteiger partial charge in [0.15, 0.2) is 11.5 Å². The molecule has 0 saturated carbocycles. The number of hydrogen-bond donors (Lipinski definition) is 1. The molecule has 0 radical (unpaired) electrons. The average molecular weight is 342 g/mol. The fourth-order valence-electron chi connectivity index (χ4n) is 2.45. The smallest absolute Gasteiger partial charge is 0.225 e. The third-order valence-electron chi connectivity index (χ3n) is 3.71. The Kier molecular flexibility index (Phi) is 5.84. The van der Waals surface area contributed by atoms with Crippen molar-refractivity contribution in [1.82, 2.24) is 4.31 Å². The maximum absolute atomic E-state index is 12.1. The fourth-order valence-corrected chi connectivity index (χ4v) is 3.97. The Bertz CT molecular complexity index is 654. The number of methoxy groups -OCH3 is 2. The van der Waals surface area contributed by atoms with Crippen LogP contribution < -0.4 is 14.8 Å². The van der Waals surface area contributed by atoms with Gasteiger partial charge in [0.05, 0.1) is 20.0 Å². The average Bonchev–Trinajstić information content (AvgIpc) is 3.08. The highest BCUT2D eigenvalue weighted by Gasteiger charge is 2.25. The first kappa shape index (κ1) is 17.6. The van der Waals surface area contributed by atoms with Crippen LogP contribution in [0.15, 0.2) is 18.2 Å². The first-order valence-electron chi connectivity index (χ1n) is 7.46. The van der Waals surface area contributed by atoms with Crippen molar-refractivity contribution in [1.29, 1.82) is 0 Å². The maximum Gasteiger partial charge on any atom is 0.225 e. The molecule has 1 fully saturated rings. The lowest BCUT2D eigenvalue weighted by Gasteiger charge is -2.15. The molecule has 7 nitrogen and oxygen atoms in total. The van der Waals surface area contributed by atoms with Crippen LogP contribution in [0.1, 0.15) is 19.3 Å². The molecule has 1 N–H and O–H groups in total. The first-order chi connectivity index (χ1) is 11.0. The van der Waals surface area contributed by atoms with E-state index in [0.29, 0.717) is 30.3 Å². The second-order valence-electron chi connectivity index (χ2n) is 5.29. The number of nitrogens with one attached hydrogen (secondary N) is 1. The number of hydrogen-bond acceptors (Lipinski definition) is 5. The van der Waals surface area contributed by atoms with Crippen LogP contribution in [0.3, 0.4) is 0 Å². The predicted molar refractivity (Wildman–Crippen MR) is 87.4 cm³/mol. The van der Waals surface area contributed by atoms with Crippen molar-refractivity contribution in [3.8, 4) is 11.5 Å². The standard InChI is InChI=1S/C15H22N2O5S/c1-21-13-6-5-12(11-14(13)22-2)16-15(18)7-10-23(19,20)17-8-3-4-9-17/h5-6,11H,3-4,7-10H2,1-2H3,(H,16,18). The zero-order chi connectivity index (χ0) is 16.9. The molecule has 1 aliphatic rings. The Labute approximate surface area is 136 Å². The van der Waals surface area contributed by atoms with E-state index in [-0.39, 0.29) is 18.1 Å². The summed E-state index contributed by atoms with van der Waals surface area (Å²) in [6.45, 7) is 1.11. The molecule has 1 aromatic rings. The third kappa shape index (κ3) is 4.59. The minimum atomic E-state index is -3.34. The fraction of sp³-hybridized carbons (Fsp3) is 0.533. The van der Waals surface area contributed by atoms with Crippen LogP contribution in [0, 0.1) is 0 Å². The molecule has 128 valence electrons. The molecule has 0 bridgehead atoms. The third-order valence-corrected chi connectivity index (χ3v) is 5.58. The van der Waals surface area contributed by atoms with Gasteiger partial charge in [0.2, 0.25) is 15.9 Å². The summed E-state index contributed by atoms with van der Waals surface area (Å²) in [5.74, 6) is 0.531. The molecule has 1 amide bonds. The van der Waals surface area contributed by atoms with Gasteiger partial charge >= 0.3 is 0 Å². The van der Waals surface area contributed by atoms with Crippen molar-refractivity contribution in [2.24, 2.45) is 0 Å². The Morgan fingerprint density at radius 1 is 1.17 bits per heavy atom. The van der Waals surface area contributed by atoms with E-state index in [1.807, 2.05) is 0 Å². The van der Waals surface area contributed by atoms with Gasteiger partial charge in [-0.1, -0.05) is 0 Å². The van der Waals surface area contributed by atoms with Crippen LogP contribution in [-0.2, 0) is 14.8 Å². The molecular formula is C15H22N2O5S. The van der Waals surface area contributed by atoms with E-state index in [1.165, 1.54) is 18.5 Å². The summed E-state index contributed by atoms with van der Waals surface area (Å²) in [7, 11) is -0.310. The Morgan fingerprint density at radius 2 is 1.83 bits per heavy atom. The second kappa shape index (κ2) is 7.65. The monoisotopic (exact) mass is 342 g/mol. The van der Waals surface area contributed by atoms with Crippen molar-refractivity contribution >= 4 is 21.6 Å². The van der Waals surface area contributed by atoms with Gasteiger partial charge in [0.1, 0.15) is 0 Å². The predicted octanol–water partition coefficient (Wildman–Crippen LogP) is 1.46. The number of carbonyl (C=O) groups excluding carboxylic acids is 1. The number of anilines is 1. The van der Waals surface area contributed by atoms with Crippen LogP contribution in [-0.4, -0.2) is 51.7 Å². The van der Waals surface area contributed by atoms with E-state index in [0.717, 1.165) is 12.8 Å². The van der Waals surface area contributed by atoms with E-state index in [9.17, 15) is 13.2 Å². The van der Waals surface area contributed by atoms with Gasteiger partial charge in [-0.3, -0.25) is 4.79 Å². The molecule has 0 aliphatic carbocycles. The molecule has 0 unspecified atom stereocenters. The normalized spacial score (nSPS) is 15.4. The van der Waals surface area contributed by atoms with Crippen LogP contribution in [0.5, 0.6) is 11.5 Å². The van der Waals surface area contributed by atoms with E-state index in [4.69, 9.17) is 9.47 Å². The molecule has 8 heteroatoms. The minimum Gasteiger partial charge on any atom is -0.493 e. The summed E-state index contributed by atoms with van der Waals surface area (Å²) >= 11 is 0. The second-order valence-corrected chi connectivity index (χ2v) is 7.38. The van der Waals surface area contributed by atoms with Gasteiger partial charge in [-0.25, -0.2) is 12.7 Å². The highest BCUT2D eigenvalue weighted by Crippen LogP contribution is 2.29. The molecule has 0 aromatic heterocycles. The summed E-state index contributed by atoms with van der Waals surface area (Å²) in [6, 6.07) is 4.98. The summed E-state index contributed by atoms with van der Waals surface area (Å²) in [5.41, 5.74) is 0.534. The van der Waals surface area contributed by atoms with Gasteiger partial charge in [0, 0.05) is 31.3 Å². The van der Waals surface area contributed by atoms with Crippen molar-refractivity contribution in [2.45, 2.75) is 19.3 Å². The lowest BCUT2D eigenvalue weighted by molar-refractivity contribution is -0.115. The highest BCUT2D eigenvalue weighted by molar-refractivity contribution is 7.89. The molecule has 0 spiro atoms. The summed E-state index contributed by atoms with van der Waals surface area (Å²) in [6.07, 6.45) is 1.70. The van der Waals surface area contributed by atoms with Gasteiger partial charge < -0.3 is 14.8 Å². The molecule has 0 atom stereocenters. The SMILES string of the molecule is COc1ccc(NC(=O)CCS(=O)(=O)N2CCCC2)cc1OC. The minimum absolute atomic E-state index is 0.0762. The topological polar surface area (TPSA) is 84.9 Å². The lowest BCUT2D eigenvalue weighted by atomic mass is 10.2. The highest BCUT2D eigenvalue weighted by atomic mass is 32.2. The zero-order valence-corrected chi connectivity index (χ0v) is 14.2.